The average Bonchev–Trinajstić information content (AvgIpc) is 2.17. The Hall–Kier alpha value is 0.270. The molecule has 1 fully saturated rings. The number of hydrogen-bond donors (Lipinski definition) is 1. The lowest BCUT2D eigenvalue weighted by Crippen LogP contribution is -2.41. The first-order chi connectivity index (χ1) is 3.77. The van der Waals surface area contributed by atoms with Crippen LogP contribution in [0.1, 0.15) is 6.42 Å². The number of ether oxygens (including phenoxy) is 1. The summed E-state index contributed by atoms with van der Waals surface area (Å²) in [4.78, 5) is 0. The SMILES string of the molecule is COC1(N)CCSC1. The molecule has 1 rings (SSSR count). The molecular weight excluding hydrogens is 122 g/mol. The second kappa shape index (κ2) is 2.25. The Labute approximate surface area is 53.8 Å². The van der Waals surface area contributed by atoms with Crippen LogP contribution >= 0.6 is 11.8 Å². The van der Waals surface area contributed by atoms with Crippen molar-refractivity contribution in [2.45, 2.75) is 12.1 Å². The lowest BCUT2D eigenvalue weighted by Gasteiger charge is -2.19. The van der Waals surface area contributed by atoms with Gasteiger partial charge in [0.2, 0.25) is 0 Å². The Balaban J connectivity index is 2.40. The molecule has 0 aliphatic carbocycles. The minimum absolute atomic E-state index is 0.301. The summed E-state index contributed by atoms with van der Waals surface area (Å²) in [5, 5.41) is 0. The van der Waals surface area contributed by atoms with Gasteiger partial charge in [0, 0.05) is 12.9 Å². The van der Waals surface area contributed by atoms with Gasteiger partial charge < -0.3 is 10.5 Å². The van der Waals surface area contributed by atoms with Crippen molar-refractivity contribution in [2.75, 3.05) is 18.6 Å². The van der Waals surface area contributed by atoms with Crippen LogP contribution in [0.5, 0.6) is 0 Å². The Morgan fingerprint density at radius 3 is 2.75 bits per heavy atom. The molecular formula is C5H11NOS. The van der Waals surface area contributed by atoms with Gasteiger partial charge in [-0.05, 0) is 12.2 Å². The normalized spacial score (nSPS) is 38.2. The van der Waals surface area contributed by atoms with Gasteiger partial charge in [0.1, 0.15) is 5.72 Å². The minimum atomic E-state index is -0.301. The van der Waals surface area contributed by atoms with Crippen molar-refractivity contribution in [3.8, 4) is 0 Å². The van der Waals surface area contributed by atoms with Crippen LogP contribution in [0, 0.1) is 0 Å². The Morgan fingerprint density at radius 2 is 2.50 bits per heavy atom. The summed E-state index contributed by atoms with van der Waals surface area (Å²) in [6, 6.07) is 0. The summed E-state index contributed by atoms with van der Waals surface area (Å²) < 4.78 is 5.06. The fraction of sp³-hybridized carbons (Fsp3) is 1.00. The minimum Gasteiger partial charge on any atom is -0.363 e. The van der Waals surface area contributed by atoms with Gasteiger partial charge in [-0.1, -0.05) is 0 Å². The summed E-state index contributed by atoms with van der Waals surface area (Å²) in [5.41, 5.74) is 5.41. The molecule has 2 N–H and O–H groups in total. The molecule has 0 saturated carbocycles. The lowest BCUT2D eigenvalue weighted by atomic mass is 10.2. The molecule has 3 heteroatoms. The molecule has 1 atom stereocenters. The number of thioether (sulfide) groups is 1. The Bertz CT molecular complexity index is 80.5. The molecule has 0 bridgehead atoms. The highest BCUT2D eigenvalue weighted by atomic mass is 32.2. The largest absolute Gasteiger partial charge is 0.363 e. The number of methoxy groups -OCH3 is 1. The zero-order valence-corrected chi connectivity index (χ0v) is 5.83. The Morgan fingerprint density at radius 1 is 1.75 bits per heavy atom. The zero-order valence-electron chi connectivity index (χ0n) is 5.02. The fourth-order valence-corrected chi connectivity index (χ4v) is 1.96. The molecule has 0 spiro atoms. The molecule has 1 aliphatic rings. The van der Waals surface area contributed by atoms with Gasteiger partial charge in [0.05, 0.1) is 0 Å². The van der Waals surface area contributed by atoms with Crippen molar-refractivity contribution in [1.29, 1.82) is 0 Å². The van der Waals surface area contributed by atoms with Gasteiger partial charge >= 0.3 is 0 Å². The van der Waals surface area contributed by atoms with Crippen molar-refractivity contribution in [3.05, 3.63) is 0 Å². The van der Waals surface area contributed by atoms with Crippen LogP contribution < -0.4 is 5.73 Å². The van der Waals surface area contributed by atoms with E-state index in [1.165, 1.54) is 0 Å². The summed E-state index contributed by atoms with van der Waals surface area (Å²) >= 11 is 1.86. The van der Waals surface area contributed by atoms with Crippen molar-refractivity contribution in [1.82, 2.24) is 0 Å². The van der Waals surface area contributed by atoms with Gasteiger partial charge in [-0.3, -0.25) is 0 Å². The molecule has 48 valence electrons. The molecule has 0 radical (unpaired) electrons. The summed E-state index contributed by atoms with van der Waals surface area (Å²) in [6.07, 6.45) is 0.994. The topological polar surface area (TPSA) is 35.2 Å². The fourth-order valence-electron chi connectivity index (χ4n) is 0.723. The van der Waals surface area contributed by atoms with Crippen LogP contribution in [0.2, 0.25) is 0 Å². The van der Waals surface area contributed by atoms with Crippen LogP contribution in [0.25, 0.3) is 0 Å². The third-order valence-corrected chi connectivity index (χ3v) is 2.61. The van der Waals surface area contributed by atoms with E-state index >= 15 is 0 Å². The van der Waals surface area contributed by atoms with Gasteiger partial charge in [-0.15, -0.1) is 0 Å². The van der Waals surface area contributed by atoms with E-state index in [1.54, 1.807) is 7.11 Å². The van der Waals surface area contributed by atoms with E-state index in [2.05, 4.69) is 0 Å². The van der Waals surface area contributed by atoms with E-state index in [1.807, 2.05) is 11.8 Å². The van der Waals surface area contributed by atoms with Gasteiger partial charge in [0.25, 0.3) is 0 Å². The molecule has 0 aromatic carbocycles. The average molecular weight is 133 g/mol. The van der Waals surface area contributed by atoms with Gasteiger partial charge in [-0.25, -0.2) is 0 Å². The van der Waals surface area contributed by atoms with Crippen LogP contribution in [-0.2, 0) is 4.74 Å². The highest BCUT2D eigenvalue weighted by molar-refractivity contribution is 7.99. The maximum Gasteiger partial charge on any atom is 0.126 e. The van der Waals surface area contributed by atoms with E-state index < -0.39 is 0 Å². The number of rotatable bonds is 1. The van der Waals surface area contributed by atoms with Crippen LogP contribution in [0.4, 0.5) is 0 Å². The van der Waals surface area contributed by atoms with Crippen LogP contribution in [0.15, 0.2) is 0 Å². The molecule has 0 aromatic heterocycles. The van der Waals surface area contributed by atoms with E-state index in [9.17, 15) is 0 Å². The standard InChI is InChI=1S/C5H11NOS/c1-7-5(6)2-3-8-4-5/h2-4,6H2,1H3. The predicted molar refractivity (Wildman–Crippen MR) is 35.9 cm³/mol. The first-order valence-electron chi connectivity index (χ1n) is 2.69. The molecule has 1 unspecified atom stereocenters. The van der Waals surface area contributed by atoms with Crippen LogP contribution in [0.3, 0.4) is 0 Å². The number of nitrogens with two attached hydrogens (primary N) is 1. The van der Waals surface area contributed by atoms with Gasteiger partial charge in [-0.2, -0.15) is 11.8 Å². The number of hydrogen-bond acceptors (Lipinski definition) is 3. The maximum absolute atomic E-state index is 5.72. The summed E-state index contributed by atoms with van der Waals surface area (Å²) in [7, 11) is 1.67. The van der Waals surface area contributed by atoms with Crippen molar-refractivity contribution < 1.29 is 4.74 Å². The molecule has 2 nitrogen and oxygen atoms in total. The molecule has 0 aromatic rings. The summed E-state index contributed by atoms with van der Waals surface area (Å²) in [5.74, 6) is 2.09. The smallest absolute Gasteiger partial charge is 0.126 e. The van der Waals surface area contributed by atoms with E-state index in [-0.39, 0.29) is 5.72 Å². The van der Waals surface area contributed by atoms with E-state index in [0.717, 1.165) is 17.9 Å². The van der Waals surface area contributed by atoms with Crippen LogP contribution in [-0.4, -0.2) is 24.3 Å². The molecule has 0 amide bonds. The van der Waals surface area contributed by atoms with E-state index in [4.69, 9.17) is 10.5 Å². The maximum atomic E-state index is 5.72. The first kappa shape index (κ1) is 6.39. The third kappa shape index (κ3) is 1.16. The molecule has 1 saturated heterocycles. The van der Waals surface area contributed by atoms with E-state index in [0.29, 0.717) is 0 Å². The lowest BCUT2D eigenvalue weighted by molar-refractivity contribution is 0.0187. The van der Waals surface area contributed by atoms with Crippen molar-refractivity contribution >= 4 is 11.8 Å². The Kier molecular flexibility index (Phi) is 1.80. The quantitative estimate of drug-likeness (QED) is 0.527. The molecule has 8 heavy (non-hydrogen) atoms. The highest BCUT2D eigenvalue weighted by Gasteiger charge is 2.28. The van der Waals surface area contributed by atoms with Crippen molar-refractivity contribution in [2.24, 2.45) is 5.73 Å². The van der Waals surface area contributed by atoms with Gasteiger partial charge in [0.15, 0.2) is 0 Å². The summed E-state index contributed by atoms with van der Waals surface area (Å²) in [6.45, 7) is 0. The third-order valence-electron chi connectivity index (χ3n) is 1.42. The monoisotopic (exact) mass is 133 g/mol. The predicted octanol–water partition coefficient (Wildman–Crippen LogP) is 0.425. The second-order valence-electron chi connectivity index (χ2n) is 2.07. The second-order valence-corrected chi connectivity index (χ2v) is 3.18. The first-order valence-corrected chi connectivity index (χ1v) is 3.84. The highest BCUT2D eigenvalue weighted by Crippen LogP contribution is 2.25. The molecule has 1 heterocycles. The molecule has 1 aliphatic heterocycles. The van der Waals surface area contributed by atoms with Crippen molar-refractivity contribution in [3.63, 3.8) is 0 Å². The zero-order chi connectivity index (χ0) is 6.04.